The minimum Gasteiger partial charge on any atom is -0.353 e. The summed E-state index contributed by atoms with van der Waals surface area (Å²) in [4.78, 5) is 12.2. The Labute approximate surface area is 149 Å². The molecule has 0 bridgehead atoms. The van der Waals surface area contributed by atoms with Crippen molar-refractivity contribution in [2.24, 2.45) is 0 Å². The Morgan fingerprint density at radius 3 is 2.57 bits per heavy atom. The van der Waals surface area contributed by atoms with Crippen LogP contribution in [0.15, 0.2) is 30.3 Å². The Morgan fingerprint density at radius 2 is 1.91 bits per heavy atom. The number of benzene rings is 1. The first-order chi connectivity index (χ1) is 10.8. The molecule has 23 heavy (non-hydrogen) atoms. The zero-order chi connectivity index (χ0) is 15.2. The fraction of sp³-hybridized carbons (Fsp3) is 0.611. The molecule has 1 aliphatic carbocycles. The van der Waals surface area contributed by atoms with Crippen LogP contribution in [0.4, 0.5) is 0 Å². The number of halogens is 1. The van der Waals surface area contributed by atoms with E-state index in [1.807, 2.05) is 11.8 Å². The van der Waals surface area contributed by atoms with Gasteiger partial charge in [-0.2, -0.15) is 11.8 Å². The normalized spacial score (nSPS) is 27.7. The molecule has 1 saturated carbocycles. The number of thioether (sulfide) groups is 1. The molecular formula is C18H27ClN2OS. The number of carbonyl (C=O) groups is 1. The summed E-state index contributed by atoms with van der Waals surface area (Å²) < 4.78 is 0. The van der Waals surface area contributed by atoms with E-state index in [4.69, 9.17) is 0 Å². The Hall–Kier alpha value is -0.710. The van der Waals surface area contributed by atoms with Gasteiger partial charge in [-0.15, -0.1) is 12.4 Å². The molecule has 2 N–H and O–H groups in total. The summed E-state index contributed by atoms with van der Waals surface area (Å²) in [7, 11) is 0. The van der Waals surface area contributed by atoms with Gasteiger partial charge in [-0.05, 0) is 37.2 Å². The van der Waals surface area contributed by atoms with Crippen LogP contribution in [0, 0.1) is 0 Å². The Bertz CT molecular complexity index is 471. The number of carbonyl (C=O) groups excluding carboxylic acids is 1. The van der Waals surface area contributed by atoms with Gasteiger partial charge in [-0.3, -0.25) is 4.79 Å². The van der Waals surface area contributed by atoms with Crippen LogP contribution in [0.5, 0.6) is 0 Å². The molecule has 1 heterocycles. The number of hydrogen-bond donors (Lipinski definition) is 2. The van der Waals surface area contributed by atoms with Gasteiger partial charge >= 0.3 is 0 Å². The van der Waals surface area contributed by atoms with Crippen molar-refractivity contribution in [3.63, 3.8) is 0 Å². The van der Waals surface area contributed by atoms with Crippen molar-refractivity contribution in [2.45, 2.75) is 50.1 Å². The second kappa shape index (κ2) is 9.55. The van der Waals surface area contributed by atoms with Gasteiger partial charge in [-0.1, -0.05) is 30.3 Å². The van der Waals surface area contributed by atoms with Gasteiger partial charge in [0.2, 0.25) is 5.91 Å². The molecule has 2 aliphatic rings. The summed E-state index contributed by atoms with van der Waals surface area (Å²) >= 11 is 1.95. The van der Waals surface area contributed by atoms with Gasteiger partial charge in [0.05, 0.1) is 0 Å². The van der Waals surface area contributed by atoms with Crippen molar-refractivity contribution in [1.29, 1.82) is 0 Å². The number of nitrogens with one attached hydrogen (secondary N) is 2. The van der Waals surface area contributed by atoms with Crippen LogP contribution in [0.2, 0.25) is 0 Å². The number of rotatable bonds is 4. The van der Waals surface area contributed by atoms with E-state index in [0.29, 0.717) is 24.4 Å². The highest BCUT2D eigenvalue weighted by molar-refractivity contribution is 7.99. The average Bonchev–Trinajstić information content (AvgIpc) is 2.57. The molecule has 1 aromatic rings. The van der Waals surface area contributed by atoms with Crippen molar-refractivity contribution in [3.8, 4) is 0 Å². The third-order valence-electron chi connectivity index (χ3n) is 4.79. The van der Waals surface area contributed by atoms with Crippen LogP contribution in [0.3, 0.4) is 0 Å². The van der Waals surface area contributed by atoms with Crippen LogP contribution < -0.4 is 10.6 Å². The SMILES string of the molecule is Cl.O=C(CC1CSCCN1)NC1CCC(c2ccccc2)CC1. The van der Waals surface area contributed by atoms with Crippen molar-refractivity contribution in [2.75, 3.05) is 18.1 Å². The summed E-state index contributed by atoms with van der Waals surface area (Å²) in [5, 5.41) is 6.68. The Morgan fingerprint density at radius 1 is 1.17 bits per heavy atom. The van der Waals surface area contributed by atoms with Gasteiger partial charge in [0.25, 0.3) is 0 Å². The third-order valence-corrected chi connectivity index (χ3v) is 5.92. The van der Waals surface area contributed by atoms with E-state index in [-0.39, 0.29) is 18.3 Å². The molecule has 1 amide bonds. The molecule has 1 atom stereocenters. The predicted octanol–water partition coefficient (Wildman–Crippen LogP) is 3.35. The molecule has 1 aromatic carbocycles. The van der Waals surface area contributed by atoms with Crippen molar-refractivity contribution >= 4 is 30.1 Å². The summed E-state index contributed by atoms with van der Waals surface area (Å²) in [6.45, 7) is 1.03. The average molecular weight is 355 g/mol. The monoisotopic (exact) mass is 354 g/mol. The molecule has 1 aliphatic heterocycles. The summed E-state index contributed by atoms with van der Waals surface area (Å²) in [6, 6.07) is 11.5. The van der Waals surface area contributed by atoms with E-state index in [2.05, 4.69) is 41.0 Å². The summed E-state index contributed by atoms with van der Waals surface area (Å²) in [5.41, 5.74) is 1.45. The Balaban J connectivity index is 0.00000192. The predicted molar refractivity (Wildman–Crippen MR) is 101 cm³/mol. The van der Waals surface area contributed by atoms with Crippen LogP contribution in [0.1, 0.15) is 43.6 Å². The summed E-state index contributed by atoms with van der Waals surface area (Å²) in [6.07, 6.45) is 5.22. The number of hydrogen-bond acceptors (Lipinski definition) is 3. The molecular weight excluding hydrogens is 328 g/mol. The first kappa shape index (κ1) is 18.6. The van der Waals surface area contributed by atoms with Crippen LogP contribution in [0.25, 0.3) is 0 Å². The van der Waals surface area contributed by atoms with Gasteiger partial charge in [-0.25, -0.2) is 0 Å². The molecule has 0 radical (unpaired) electrons. The lowest BCUT2D eigenvalue weighted by Gasteiger charge is -2.30. The largest absolute Gasteiger partial charge is 0.353 e. The highest BCUT2D eigenvalue weighted by Gasteiger charge is 2.24. The zero-order valence-corrected chi connectivity index (χ0v) is 15.1. The van der Waals surface area contributed by atoms with Crippen molar-refractivity contribution in [1.82, 2.24) is 10.6 Å². The minimum atomic E-state index is 0. The highest BCUT2D eigenvalue weighted by Crippen LogP contribution is 2.32. The van der Waals surface area contributed by atoms with E-state index < -0.39 is 0 Å². The van der Waals surface area contributed by atoms with Crippen LogP contribution in [-0.4, -0.2) is 36.0 Å². The van der Waals surface area contributed by atoms with Gasteiger partial charge in [0, 0.05) is 36.6 Å². The molecule has 3 rings (SSSR count). The van der Waals surface area contributed by atoms with E-state index in [9.17, 15) is 4.79 Å². The van der Waals surface area contributed by atoms with Crippen LogP contribution >= 0.6 is 24.2 Å². The highest BCUT2D eigenvalue weighted by atomic mass is 35.5. The van der Waals surface area contributed by atoms with E-state index in [1.165, 1.54) is 24.2 Å². The lowest BCUT2D eigenvalue weighted by atomic mass is 9.82. The minimum absolute atomic E-state index is 0. The maximum absolute atomic E-state index is 12.2. The molecule has 1 saturated heterocycles. The lowest BCUT2D eigenvalue weighted by molar-refractivity contribution is -0.122. The smallest absolute Gasteiger partial charge is 0.221 e. The molecule has 2 fully saturated rings. The Kier molecular flexibility index (Phi) is 7.74. The summed E-state index contributed by atoms with van der Waals surface area (Å²) in [5.74, 6) is 3.13. The zero-order valence-electron chi connectivity index (χ0n) is 13.5. The van der Waals surface area contributed by atoms with Crippen molar-refractivity contribution < 1.29 is 4.79 Å². The van der Waals surface area contributed by atoms with E-state index in [1.54, 1.807) is 0 Å². The van der Waals surface area contributed by atoms with Gasteiger partial charge in [0.1, 0.15) is 0 Å². The molecule has 3 nitrogen and oxygen atoms in total. The van der Waals surface area contributed by atoms with Crippen LogP contribution in [-0.2, 0) is 4.79 Å². The van der Waals surface area contributed by atoms with Gasteiger partial charge in [0.15, 0.2) is 0 Å². The quantitative estimate of drug-likeness (QED) is 0.871. The maximum atomic E-state index is 12.2. The first-order valence-corrected chi connectivity index (χ1v) is 9.62. The fourth-order valence-corrected chi connectivity index (χ4v) is 4.51. The molecule has 128 valence electrons. The van der Waals surface area contributed by atoms with Gasteiger partial charge < -0.3 is 10.6 Å². The van der Waals surface area contributed by atoms with E-state index >= 15 is 0 Å². The lowest BCUT2D eigenvalue weighted by Crippen LogP contribution is -2.44. The molecule has 5 heteroatoms. The maximum Gasteiger partial charge on any atom is 0.221 e. The van der Waals surface area contributed by atoms with Crippen molar-refractivity contribution in [3.05, 3.63) is 35.9 Å². The topological polar surface area (TPSA) is 41.1 Å². The fourth-order valence-electron chi connectivity index (χ4n) is 3.56. The number of amides is 1. The standard InChI is InChI=1S/C18H26N2OS.ClH/c21-18(12-17-13-22-11-10-19-17)20-16-8-6-15(7-9-16)14-4-2-1-3-5-14;/h1-5,15-17,19H,6-13H2,(H,20,21);1H. The first-order valence-electron chi connectivity index (χ1n) is 8.46. The second-order valence-electron chi connectivity index (χ2n) is 6.46. The second-order valence-corrected chi connectivity index (χ2v) is 7.61. The molecule has 1 unspecified atom stereocenters. The van der Waals surface area contributed by atoms with E-state index in [0.717, 1.165) is 25.1 Å². The molecule has 0 aromatic heterocycles. The third kappa shape index (κ3) is 5.70. The molecule has 0 spiro atoms.